The number of nitrogens with zero attached hydrogens (tertiary/aromatic N) is 2. The smallest absolute Gasteiger partial charge is 0.269 e. The summed E-state index contributed by atoms with van der Waals surface area (Å²) in [6.07, 6.45) is 0. The number of carbonyl (C=O) groups excluding carboxylic acids is 1. The first-order valence-electron chi connectivity index (χ1n) is 15.0. The van der Waals surface area contributed by atoms with Gasteiger partial charge in [-0.3, -0.25) is 25.0 Å². The van der Waals surface area contributed by atoms with Crippen molar-refractivity contribution >= 4 is 17.2 Å². The Morgan fingerprint density at radius 2 is 0.979 bits per heavy atom. The van der Waals surface area contributed by atoms with E-state index in [1.807, 2.05) is 24.3 Å². The van der Waals surface area contributed by atoms with Crippen LogP contribution in [0.15, 0.2) is 84.9 Å². The summed E-state index contributed by atoms with van der Waals surface area (Å²) in [4.78, 5) is 36.3. The summed E-state index contributed by atoms with van der Waals surface area (Å²) >= 11 is 0. The Hall–Kier alpha value is -5.53. The molecular weight excluding hydrogens is 620 g/mol. The molecule has 4 aromatic carbocycles. The molecule has 48 heavy (non-hydrogen) atoms. The first-order valence-corrected chi connectivity index (χ1v) is 15.0. The molecule has 2 unspecified atom stereocenters. The van der Waals surface area contributed by atoms with Gasteiger partial charge in [0.25, 0.3) is 11.4 Å². The van der Waals surface area contributed by atoms with Gasteiger partial charge in [-0.25, -0.2) is 0 Å². The normalized spacial score (nSPS) is 12.1. The van der Waals surface area contributed by atoms with Crippen molar-refractivity contribution in [1.82, 2.24) is 10.6 Å². The Balaban J connectivity index is 1.64. The van der Waals surface area contributed by atoms with Crippen LogP contribution in [0.1, 0.15) is 34.1 Å². The third kappa shape index (κ3) is 8.84. The van der Waals surface area contributed by atoms with Gasteiger partial charge in [-0.2, -0.15) is 0 Å². The maximum Gasteiger partial charge on any atom is 0.269 e. The molecule has 0 amide bonds. The molecule has 0 heterocycles. The molecule has 0 aromatic heterocycles. The Labute approximate surface area is 278 Å². The van der Waals surface area contributed by atoms with E-state index in [0.29, 0.717) is 47.2 Å². The number of rotatable bonds is 18. The monoisotopic (exact) mass is 658 g/mol. The van der Waals surface area contributed by atoms with E-state index in [0.717, 1.165) is 11.1 Å². The third-order valence-electron chi connectivity index (χ3n) is 8.02. The lowest BCUT2D eigenvalue weighted by Crippen LogP contribution is -2.34. The number of hydrogen-bond acceptors (Lipinski definition) is 11. The van der Waals surface area contributed by atoms with Gasteiger partial charge in [-0.1, -0.05) is 36.4 Å². The van der Waals surface area contributed by atoms with Crippen LogP contribution in [-0.2, 0) is 17.9 Å². The predicted octanol–water partition coefficient (Wildman–Crippen LogP) is 5.55. The summed E-state index contributed by atoms with van der Waals surface area (Å²) in [5, 5.41) is 29.5. The fourth-order valence-corrected chi connectivity index (χ4v) is 5.36. The van der Waals surface area contributed by atoms with Gasteiger partial charge in [0, 0.05) is 73.7 Å². The van der Waals surface area contributed by atoms with Crippen molar-refractivity contribution in [3.05, 3.63) is 127 Å². The van der Waals surface area contributed by atoms with E-state index >= 15 is 0 Å². The largest absolute Gasteiger partial charge is 0.497 e. The van der Waals surface area contributed by atoms with Crippen molar-refractivity contribution in [2.45, 2.75) is 24.9 Å². The van der Waals surface area contributed by atoms with Crippen molar-refractivity contribution in [1.29, 1.82) is 0 Å². The lowest BCUT2D eigenvalue weighted by molar-refractivity contribution is -0.385. The van der Waals surface area contributed by atoms with Gasteiger partial charge in [-0.15, -0.1) is 0 Å². The zero-order valence-corrected chi connectivity index (χ0v) is 27.1. The molecule has 0 aliphatic heterocycles. The van der Waals surface area contributed by atoms with Crippen LogP contribution in [0.3, 0.4) is 0 Å². The zero-order valence-electron chi connectivity index (χ0n) is 27.1. The fourth-order valence-electron chi connectivity index (χ4n) is 5.36. The van der Waals surface area contributed by atoms with E-state index in [2.05, 4.69) is 10.6 Å². The Bertz CT molecular complexity index is 1590. The Morgan fingerprint density at radius 3 is 1.29 bits per heavy atom. The van der Waals surface area contributed by atoms with Crippen LogP contribution in [0, 0.1) is 20.2 Å². The molecule has 252 valence electrons. The van der Waals surface area contributed by atoms with Gasteiger partial charge >= 0.3 is 0 Å². The first kappa shape index (κ1) is 35.3. The molecule has 2 N–H and O–H groups in total. The average molecular weight is 659 g/mol. The quantitative estimate of drug-likeness (QED) is 0.102. The number of nitro benzene ring substituents is 2. The number of methoxy groups -OCH3 is 4. The maximum absolute atomic E-state index is 14.5. The number of hydrogen-bond donors (Lipinski definition) is 2. The highest BCUT2D eigenvalue weighted by molar-refractivity contribution is 5.92. The zero-order chi connectivity index (χ0) is 34.6. The summed E-state index contributed by atoms with van der Waals surface area (Å²) in [5.74, 6) is 0.866. The molecule has 0 saturated heterocycles. The van der Waals surface area contributed by atoms with Gasteiger partial charge in [-0.05, 0) is 23.3 Å². The summed E-state index contributed by atoms with van der Waals surface area (Å²) in [6.45, 7) is 1.12. The van der Waals surface area contributed by atoms with Crippen molar-refractivity contribution in [2.24, 2.45) is 0 Å². The minimum Gasteiger partial charge on any atom is -0.497 e. The second kappa shape index (κ2) is 16.9. The van der Waals surface area contributed by atoms with Crippen molar-refractivity contribution in [3.63, 3.8) is 0 Å². The molecule has 13 nitrogen and oxygen atoms in total. The summed E-state index contributed by atoms with van der Waals surface area (Å²) in [7, 11) is 6.25. The molecule has 0 spiro atoms. The summed E-state index contributed by atoms with van der Waals surface area (Å²) in [6, 6.07) is 22.7. The molecule has 0 aliphatic carbocycles. The van der Waals surface area contributed by atoms with Crippen LogP contribution in [0.5, 0.6) is 23.0 Å². The van der Waals surface area contributed by atoms with Crippen molar-refractivity contribution in [2.75, 3.05) is 41.5 Å². The van der Waals surface area contributed by atoms with Gasteiger partial charge in [0.15, 0.2) is 0 Å². The molecule has 0 fully saturated rings. The fraction of sp³-hybridized carbons (Fsp3) is 0.286. The summed E-state index contributed by atoms with van der Waals surface area (Å²) in [5.41, 5.74) is 2.67. The molecule has 0 bridgehead atoms. The maximum atomic E-state index is 14.5. The molecule has 4 aromatic rings. The highest BCUT2D eigenvalue weighted by Gasteiger charge is 2.30. The summed E-state index contributed by atoms with van der Waals surface area (Å²) < 4.78 is 21.6. The van der Waals surface area contributed by atoms with E-state index in [1.54, 1.807) is 64.8 Å². The number of nitro groups is 2. The number of nitrogens with one attached hydrogen (secondary N) is 2. The second-order valence-corrected chi connectivity index (χ2v) is 10.8. The highest BCUT2D eigenvalue weighted by Crippen LogP contribution is 2.31. The molecule has 2 atom stereocenters. The van der Waals surface area contributed by atoms with Gasteiger partial charge in [0.1, 0.15) is 28.8 Å². The number of Topliss-reactive ketones (excluding diaryl/α,β-unsaturated/α-hetero) is 1. The third-order valence-corrected chi connectivity index (χ3v) is 8.02. The molecule has 0 radical (unpaired) electrons. The van der Waals surface area contributed by atoms with Crippen molar-refractivity contribution in [3.8, 4) is 23.0 Å². The number of benzene rings is 4. The van der Waals surface area contributed by atoms with Crippen LogP contribution in [0.2, 0.25) is 0 Å². The van der Waals surface area contributed by atoms with Crippen LogP contribution >= 0.6 is 0 Å². The number of non-ortho nitro benzene ring substituents is 2. The van der Waals surface area contributed by atoms with Crippen molar-refractivity contribution < 1.29 is 33.6 Å². The average Bonchev–Trinajstić information content (AvgIpc) is 3.11. The molecular formula is C35H38N4O9. The predicted molar refractivity (Wildman–Crippen MR) is 179 cm³/mol. The minimum atomic E-state index is -0.729. The number of carbonyl (C=O) groups is 1. The van der Waals surface area contributed by atoms with E-state index < -0.39 is 21.7 Å². The van der Waals surface area contributed by atoms with Crippen LogP contribution < -0.4 is 29.6 Å². The minimum absolute atomic E-state index is 0.0945. The second-order valence-electron chi connectivity index (χ2n) is 10.8. The Kier molecular flexibility index (Phi) is 12.4. The van der Waals surface area contributed by atoms with E-state index in [-0.39, 0.29) is 30.2 Å². The van der Waals surface area contributed by atoms with Gasteiger partial charge < -0.3 is 29.6 Å². The highest BCUT2D eigenvalue weighted by atomic mass is 16.6. The van der Waals surface area contributed by atoms with Gasteiger partial charge in [0.2, 0.25) is 0 Å². The Morgan fingerprint density at radius 1 is 0.604 bits per heavy atom. The molecule has 0 saturated carbocycles. The van der Waals surface area contributed by atoms with Crippen LogP contribution in [0.4, 0.5) is 11.4 Å². The lowest BCUT2D eigenvalue weighted by atomic mass is 9.83. The molecule has 4 rings (SSSR count). The SMILES string of the molecule is COc1ccc(CNCC(C(=O)C(CNCc2ccc(OC)cc2OC)c2ccc([N+](=O)[O-])cc2)c2ccc([N+](=O)[O-])cc2)c(OC)c1. The first-order chi connectivity index (χ1) is 23.2. The molecule has 0 aliphatic rings. The number of ether oxygens (including phenoxy) is 4. The van der Waals surface area contributed by atoms with Crippen LogP contribution in [0.25, 0.3) is 0 Å². The van der Waals surface area contributed by atoms with E-state index in [9.17, 15) is 25.0 Å². The standard InChI is InChI=1S/C35H38N4O9/c1-45-29-15-9-25(33(17-29)47-3)19-36-21-31(23-5-11-27(12-6-23)38(41)42)35(40)32(24-7-13-28(14-8-24)39(43)44)22-37-20-26-10-16-30(46-2)18-34(26)48-4/h5-18,31-32,36-37H,19-22H2,1-4H3. The topological polar surface area (TPSA) is 164 Å². The van der Waals surface area contributed by atoms with Gasteiger partial charge in [0.05, 0.1) is 50.1 Å². The van der Waals surface area contributed by atoms with E-state index in [1.165, 1.54) is 24.3 Å². The van der Waals surface area contributed by atoms with Crippen LogP contribution in [-0.4, -0.2) is 57.2 Å². The number of ketones is 1. The lowest BCUT2D eigenvalue weighted by Gasteiger charge is -2.25. The van der Waals surface area contributed by atoms with E-state index in [4.69, 9.17) is 18.9 Å². The molecule has 13 heteroatoms.